The van der Waals surface area contributed by atoms with Gasteiger partial charge in [-0.05, 0) is 6.92 Å². The lowest BCUT2D eigenvalue weighted by Gasteiger charge is -1.99. The summed E-state index contributed by atoms with van der Waals surface area (Å²) in [7, 11) is 1.84. The summed E-state index contributed by atoms with van der Waals surface area (Å²) >= 11 is 1.32. The first kappa shape index (κ1) is 12.8. The van der Waals surface area contributed by atoms with Crippen LogP contribution in [0.1, 0.15) is 23.0 Å². The molecule has 3 heterocycles. The number of aryl methyl sites for hydroxylation is 1. The lowest BCUT2D eigenvalue weighted by molar-refractivity contribution is 0.0970. The fourth-order valence-electron chi connectivity index (χ4n) is 1.81. The highest BCUT2D eigenvalue weighted by atomic mass is 32.1. The summed E-state index contributed by atoms with van der Waals surface area (Å²) in [5.41, 5.74) is 0.895. The van der Waals surface area contributed by atoms with Crippen LogP contribution in [0.5, 0.6) is 0 Å². The molecule has 1 unspecified atom stereocenters. The second-order valence-electron chi connectivity index (χ2n) is 4.54. The van der Waals surface area contributed by atoms with E-state index in [4.69, 9.17) is 4.84 Å². The summed E-state index contributed by atoms with van der Waals surface area (Å²) in [4.78, 5) is 21.9. The van der Waals surface area contributed by atoms with Gasteiger partial charge in [0, 0.05) is 25.2 Å². The van der Waals surface area contributed by atoms with Crippen molar-refractivity contribution in [3.63, 3.8) is 0 Å². The second kappa shape index (κ2) is 5.04. The van der Waals surface area contributed by atoms with Crippen molar-refractivity contribution in [1.29, 1.82) is 0 Å². The molecule has 0 spiro atoms. The van der Waals surface area contributed by atoms with Crippen LogP contribution in [-0.2, 0) is 11.9 Å². The molecule has 0 saturated heterocycles. The van der Waals surface area contributed by atoms with Gasteiger partial charge in [0.2, 0.25) is 0 Å². The van der Waals surface area contributed by atoms with Gasteiger partial charge >= 0.3 is 0 Å². The Morgan fingerprint density at radius 2 is 2.40 bits per heavy atom. The Morgan fingerprint density at radius 3 is 3.05 bits per heavy atom. The number of thiazole rings is 1. The van der Waals surface area contributed by atoms with Crippen molar-refractivity contribution in [2.24, 2.45) is 12.2 Å². The van der Waals surface area contributed by atoms with E-state index in [9.17, 15) is 4.79 Å². The Labute approximate surface area is 119 Å². The Morgan fingerprint density at radius 1 is 1.55 bits per heavy atom. The minimum Gasteiger partial charge on any atom is -0.391 e. The van der Waals surface area contributed by atoms with E-state index in [0.29, 0.717) is 17.1 Å². The van der Waals surface area contributed by atoms with E-state index in [0.717, 1.165) is 10.6 Å². The predicted molar refractivity (Wildman–Crippen MR) is 74.4 cm³/mol. The van der Waals surface area contributed by atoms with E-state index >= 15 is 0 Å². The Bertz CT molecular complexity index is 675. The zero-order valence-electron chi connectivity index (χ0n) is 11.0. The molecule has 0 fully saturated rings. The molecule has 0 aliphatic carbocycles. The molecule has 8 heteroatoms. The van der Waals surface area contributed by atoms with Gasteiger partial charge in [0.1, 0.15) is 16.0 Å². The van der Waals surface area contributed by atoms with E-state index in [1.54, 1.807) is 17.1 Å². The molecule has 0 bridgehead atoms. The number of carbonyl (C=O) groups excluding carboxylic acids is 1. The van der Waals surface area contributed by atoms with Crippen molar-refractivity contribution in [2.75, 3.05) is 0 Å². The van der Waals surface area contributed by atoms with Crippen molar-refractivity contribution in [3.05, 3.63) is 23.5 Å². The van der Waals surface area contributed by atoms with Gasteiger partial charge in [0.25, 0.3) is 5.91 Å². The third kappa shape index (κ3) is 2.55. The molecule has 2 aromatic rings. The third-order valence-electron chi connectivity index (χ3n) is 2.76. The van der Waals surface area contributed by atoms with Crippen molar-refractivity contribution < 1.29 is 9.63 Å². The van der Waals surface area contributed by atoms with Crippen LogP contribution in [0.15, 0.2) is 23.7 Å². The summed E-state index contributed by atoms with van der Waals surface area (Å²) in [5, 5.41) is 11.4. The number of oxime groups is 1. The summed E-state index contributed by atoms with van der Waals surface area (Å²) in [5.74, 6) is 0.341. The number of rotatable bonds is 2. The molecular weight excluding hydrogens is 278 g/mol. The maximum atomic E-state index is 12.1. The van der Waals surface area contributed by atoms with E-state index in [-0.39, 0.29) is 12.0 Å². The first-order valence-electron chi connectivity index (χ1n) is 6.10. The first-order chi connectivity index (χ1) is 9.61. The first-order valence-corrected chi connectivity index (χ1v) is 6.92. The second-order valence-corrected chi connectivity index (χ2v) is 5.58. The molecule has 2 aromatic heterocycles. The number of carbonyl (C=O) groups is 1. The SMILES string of the molecule is CC1CC(NC(=O)c2cnc(-c3cnn(C)c3)s2)=NO1. The number of aromatic nitrogens is 3. The fraction of sp³-hybridized carbons (Fsp3) is 0.333. The normalized spacial score (nSPS) is 17.7. The molecule has 0 radical (unpaired) electrons. The Balaban J connectivity index is 1.72. The number of nitrogens with one attached hydrogen (secondary N) is 1. The van der Waals surface area contributed by atoms with Crippen molar-refractivity contribution in [3.8, 4) is 10.6 Å². The average molecular weight is 291 g/mol. The molecule has 1 aliphatic rings. The van der Waals surface area contributed by atoms with Crippen LogP contribution in [0.4, 0.5) is 0 Å². The Hall–Kier alpha value is -2.22. The number of nitrogens with zero attached hydrogens (tertiary/aromatic N) is 4. The molecule has 7 nitrogen and oxygen atoms in total. The Kier molecular flexibility index (Phi) is 3.23. The van der Waals surface area contributed by atoms with E-state index in [2.05, 4.69) is 20.6 Å². The van der Waals surface area contributed by atoms with Gasteiger partial charge in [0.05, 0.1) is 12.4 Å². The van der Waals surface area contributed by atoms with E-state index < -0.39 is 0 Å². The third-order valence-corrected chi connectivity index (χ3v) is 3.81. The number of amidine groups is 1. The average Bonchev–Trinajstić information content (AvgIpc) is 3.10. The molecule has 1 atom stereocenters. The monoisotopic (exact) mass is 291 g/mol. The highest BCUT2D eigenvalue weighted by molar-refractivity contribution is 7.16. The highest BCUT2D eigenvalue weighted by Gasteiger charge is 2.20. The van der Waals surface area contributed by atoms with Gasteiger partial charge in [-0.2, -0.15) is 5.10 Å². The van der Waals surface area contributed by atoms with E-state index in [1.165, 1.54) is 11.3 Å². The van der Waals surface area contributed by atoms with E-state index in [1.807, 2.05) is 20.2 Å². The quantitative estimate of drug-likeness (QED) is 0.906. The zero-order valence-corrected chi connectivity index (χ0v) is 11.8. The smallest absolute Gasteiger partial charge is 0.268 e. The summed E-state index contributed by atoms with van der Waals surface area (Å²) in [6, 6.07) is 0. The number of hydrogen-bond acceptors (Lipinski definition) is 6. The minimum atomic E-state index is -0.214. The van der Waals surface area contributed by atoms with Crippen LogP contribution in [0, 0.1) is 0 Å². The summed E-state index contributed by atoms with van der Waals surface area (Å²) < 4.78 is 1.70. The van der Waals surface area contributed by atoms with Gasteiger partial charge in [-0.1, -0.05) is 5.16 Å². The van der Waals surface area contributed by atoms with Crippen LogP contribution in [0.25, 0.3) is 10.6 Å². The molecule has 20 heavy (non-hydrogen) atoms. The maximum absolute atomic E-state index is 12.1. The van der Waals surface area contributed by atoms with Crippen LogP contribution in [0.2, 0.25) is 0 Å². The molecule has 0 saturated carbocycles. The maximum Gasteiger partial charge on any atom is 0.268 e. The number of amides is 1. The largest absolute Gasteiger partial charge is 0.391 e. The molecule has 1 amide bonds. The molecule has 0 aromatic carbocycles. The predicted octanol–water partition coefficient (Wildman–Crippen LogP) is 1.40. The van der Waals surface area contributed by atoms with Crippen LogP contribution in [-0.4, -0.2) is 32.6 Å². The lowest BCUT2D eigenvalue weighted by atomic mass is 10.3. The molecule has 1 N–H and O–H groups in total. The van der Waals surface area contributed by atoms with Crippen molar-refractivity contribution >= 4 is 23.1 Å². The van der Waals surface area contributed by atoms with Crippen LogP contribution < -0.4 is 5.32 Å². The van der Waals surface area contributed by atoms with Crippen molar-refractivity contribution in [1.82, 2.24) is 20.1 Å². The van der Waals surface area contributed by atoms with Gasteiger partial charge in [-0.15, -0.1) is 11.3 Å². The van der Waals surface area contributed by atoms with Crippen LogP contribution >= 0.6 is 11.3 Å². The molecule has 3 rings (SSSR count). The van der Waals surface area contributed by atoms with Gasteiger partial charge in [-0.25, -0.2) is 4.98 Å². The zero-order chi connectivity index (χ0) is 14.1. The fourth-order valence-corrected chi connectivity index (χ4v) is 2.60. The lowest BCUT2D eigenvalue weighted by Crippen LogP contribution is -2.29. The highest BCUT2D eigenvalue weighted by Crippen LogP contribution is 2.24. The molecule has 104 valence electrons. The summed E-state index contributed by atoms with van der Waals surface area (Å²) in [6.07, 6.45) is 5.76. The topological polar surface area (TPSA) is 81.4 Å². The van der Waals surface area contributed by atoms with Gasteiger partial charge in [-0.3, -0.25) is 9.48 Å². The summed E-state index contributed by atoms with van der Waals surface area (Å²) in [6.45, 7) is 1.90. The van der Waals surface area contributed by atoms with Gasteiger partial charge in [0.15, 0.2) is 5.84 Å². The van der Waals surface area contributed by atoms with Crippen LogP contribution in [0.3, 0.4) is 0 Å². The molecule has 1 aliphatic heterocycles. The minimum absolute atomic E-state index is 0.0118. The number of hydrogen-bond donors (Lipinski definition) is 1. The standard InChI is InChI=1S/C12H13N5O2S/c1-7-3-10(16-19-7)15-11(18)9-5-13-12(20-9)8-4-14-17(2)6-8/h4-7H,3H2,1-2H3,(H,15,16,18). The molecular formula is C12H13N5O2S. The van der Waals surface area contributed by atoms with Gasteiger partial charge < -0.3 is 10.2 Å². The van der Waals surface area contributed by atoms with Crippen molar-refractivity contribution in [2.45, 2.75) is 19.4 Å².